The topological polar surface area (TPSA) is 37.8 Å². The molecule has 0 unspecified atom stereocenters. The second kappa shape index (κ2) is 3.47. The van der Waals surface area contributed by atoms with Crippen LogP contribution < -0.4 is 5.32 Å². The molecule has 1 aromatic rings. The number of rotatable bonds is 4. The Hall–Kier alpha value is -1.12. The number of hydrogen-bond acceptors (Lipinski definition) is 3. The molecule has 2 aliphatic carbocycles. The number of hydrogen-bond donors (Lipinski definition) is 1. The zero-order valence-electron chi connectivity index (χ0n) is 9.16. The second-order valence-electron chi connectivity index (χ2n) is 4.65. The van der Waals surface area contributed by atoms with E-state index in [4.69, 9.17) is 0 Å². The summed E-state index contributed by atoms with van der Waals surface area (Å²) in [5.74, 6) is 1.58. The van der Waals surface area contributed by atoms with Crippen LogP contribution in [0.2, 0.25) is 0 Å². The van der Waals surface area contributed by atoms with Crippen molar-refractivity contribution in [2.75, 3.05) is 5.32 Å². The normalized spacial score (nSPS) is 20.3. The monoisotopic (exact) mass is 203 g/mol. The molecule has 3 heteroatoms. The Balaban J connectivity index is 1.86. The van der Waals surface area contributed by atoms with Crippen molar-refractivity contribution in [3.8, 4) is 0 Å². The first-order valence-corrected chi connectivity index (χ1v) is 5.99. The maximum absolute atomic E-state index is 4.60. The fourth-order valence-electron chi connectivity index (χ4n) is 1.76. The largest absolute Gasteiger partial charge is 0.351 e. The summed E-state index contributed by atoms with van der Waals surface area (Å²) >= 11 is 0. The van der Waals surface area contributed by atoms with Gasteiger partial charge in [-0.1, -0.05) is 6.92 Å². The highest BCUT2D eigenvalue weighted by Gasteiger charge is 2.27. The van der Waals surface area contributed by atoms with Crippen LogP contribution in [0.1, 0.15) is 49.9 Å². The van der Waals surface area contributed by atoms with Crippen molar-refractivity contribution >= 4 is 5.95 Å². The van der Waals surface area contributed by atoms with E-state index in [1.807, 2.05) is 0 Å². The van der Waals surface area contributed by atoms with Crippen molar-refractivity contribution in [2.45, 2.75) is 51.0 Å². The van der Waals surface area contributed by atoms with Crippen LogP contribution in [-0.2, 0) is 6.42 Å². The summed E-state index contributed by atoms with van der Waals surface area (Å²) in [7, 11) is 0. The summed E-state index contributed by atoms with van der Waals surface area (Å²) < 4.78 is 0. The molecule has 0 saturated heterocycles. The Bertz CT molecular complexity index is 367. The maximum atomic E-state index is 4.60. The molecule has 0 aliphatic heterocycles. The lowest BCUT2D eigenvalue weighted by Gasteiger charge is -2.07. The predicted molar refractivity (Wildman–Crippen MR) is 60.0 cm³/mol. The Kier molecular flexibility index (Phi) is 2.11. The molecular weight excluding hydrogens is 186 g/mol. The standard InChI is InChI=1S/C12H17N3/c1-2-9-7-11(8-3-4-8)15-12(13-9)14-10-5-6-10/h7-8,10H,2-6H2,1H3,(H,13,14,15). The molecule has 2 saturated carbocycles. The van der Waals surface area contributed by atoms with E-state index in [-0.39, 0.29) is 0 Å². The van der Waals surface area contributed by atoms with Gasteiger partial charge in [0.25, 0.3) is 0 Å². The first kappa shape index (κ1) is 9.13. The van der Waals surface area contributed by atoms with E-state index in [9.17, 15) is 0 Å². The molecule has 0 spiro atoms. The molecule has 1 heterocycles. The summed E-state index contributed by atoms with van der Waals surface area (Å²) in [5, 5.41) is 3.39. The van der Waals surface area contributed by atoms with Crippen LogP contribution in [-0.4, -0.2) is 16.0 Å². The van der Waals surface area contributed by atoms with Gasteiger partial charge in [0, 0.05) is 23.3 Å². The third-order valence-electron chi connectivity index (χ3n) is 3.07. The first-order chi connectivity index (χ1) is 7.35. The molecule has 0 atom stereocenters. The number of anilines is 1. The predicted octanol–water partition coefficient (Wildman–Crippen LogP) is 2.49. The van der Waals surface area contributed by atoms with Gasteiger partial charge in [-0.2, -0.15) is 0 Å². The van der Waals surface area contributed by atoms with Crippen LogP contribution in [0.4, 0.5) is 5.95 Å². The molecule has 0 aromatic carbocycles. The maximum Gasteiger partial charge on any atom is 0.223 e. The minimum atomic E-state index is 0.643. The highest BCUT2D eigenvalue weighted by atomic mass is 15.1. The van der Waals surface area contributed by atoms with Gasteiger partial charge in [0.2, 0.25) is 5.95 Å². The molecule has 0 bridgehead atoms. The van der Waals surface area contributed by atoms with Gasteiger partial charge in [-0.05, 0) is 38.2 Å². The summed E-state index contributed by atoms with van der Waals surface area (Å²) in [6.07, 6.45) is 6.17. The van der Waals surface area contributed by atoms with Gasteiger partial charge in [0.05, 0.1) is 0 Å². The van der Waals surface area contributed by atoms with E-state index in [1.165, 1.54) is 37.1 Å². The Morgan fingerprint density at radius 1 is 1.27 bits per heavy atom. The molecule has 2 aliphatic rings. The van der Waals surface area contributed by atoms with Crippen molar-refractivity contribution in [3.63, 3.8) is 0 Å². The van der Waals surface area contributed by atoms with Gasteiger partial charge in [-0.3, -0.25) is 0 Å². The molecule has 15 heavy (non-hydrogen) atoms. The molecule has 0 amide bonds. The molecule has 1 N–H and O–H groups in total. The highest BCUT2D eigenvalue weighted by Crippen LogP contribution is 2.39. The Morgan fingerprint density at radius 3 is 2.67 bits per heavy atom. The van der Waals surface area contributed by atoms with Gasteiger partial charge >= 0.3 is 0 Å². The molecule has 2 fully saturated rings. The lowest BCUT2D eigenvalue weighted by molar-refractivity contribution is 0.917. The van der Waals surface area contributed by atoms with E-state index in [2.05, 4.69) is 28.3 Å². The molecule has 1 aromatic heterocycles. The van der Waals surface area contributed by atoms with Crippen molar-refractivity contribution < 1.29 is 0 Å². The summed E-state index contributed by atoms with van der Waals surface area (Å²) in [6, 6.07) is 2.82. The van der Waals surface area contributed by atoms with Gasteiger partial charge in [0.1, 0.15) is 0 Å². The summed E-state index contributed by atoms with van der Waals surface area (Å²) in [5.41, 5.74) is 2.43. The average Bonchev–Trinajstić information content (AvgIpc) is 3.10. The van der Waals surface area contributed by atoms with E-state index in [1.54, 1.807) is 0 Å². The van der Waals surface area contributed by atoms with E-state index in [0.717, 1.165) is 18.3 Å². The van der Waals surface area contributed by atoms with Gasteiger partial charge < -0.3 is 5.32 Å². The highest BCUT2D eigenvalue weighted by molar-refractivity contribution is 5.33. The van der Waals surface area contributed by atoms with Crippen LogP contribution in [0.3, 0.4) is 0 Å². The molecule has 80 valence electrons. The van der Waals surface area contributed by atoms with Crippen LogP contribution in [0.25, 0.3) is 0 Å². The van der Waals surface area contributed by atoms with Crippen LogP contribution in [0.15, 0.2) is 6.07 Å². The third-order valence-corrected chi connectivity index (χ3v) is 3.07. The van der Waals surface area contributed by atoms with Crippen molar-refractivity contribution in [1.82, 2.24) is 9.97 Å². The minimum Gasteiger partial charge on any atom is -0.351 e. The van der Waals surface area contributed by atoms with Gasteiger partial charge in [0.15, 0.2) is 0 Å². The molecule has 0 radical (unpaired) electrons. The van der Waals surface area contributed by atoms with Crippen LogP contribution in [0.5, 0.6) is 0 Å². The lowest BCUT2D eigenvalue weighted by atomic mass is 10.2. The molecule has 3 rings (SSSR count). The number of aromatic nitrogens is 2. The van der Waals surface area contributed by atoms with Gasteiger partial charge in [-0.25, -0.2) is 9.97 Å². The van der Waals surface area contributed by atoms with Crippen molar-refractivity contribution in [1.29, 1.82) is 0 Å². The first-order valence-electron chi connectivity index (χ1n) is 5.99. The molecular formula is C12H17N3. The van der Waals surface area contributed by atoms with Crippen LogP contribution >= 0.6 is 0 Å². The van der Waals surface area contributed by atoms with Gasteiger partial charge in [-0.15, -0.1) is 0 Å². The average molecular weight is 203 g/mol. The minimum absolute atomic E-state index is 0.643. The fraction of sp³-hybridized carbons (Fsp3) is 0.667. The number of nitrogens with zero attached hydrogens (tertiary/aromatic N) is 2. The van der Waals surface area contributed by atoms with E-state index in [0.29, 0.717) is 6.04 Å². The zero-order chi connectivity index (χ0) is 10.3. The fourth-order valence-corrected chi connectivity index (χ4v) is 1.76. The smallest absolute Gasteiger partial charge is 0.223 e. The second-order valence-corrected chi connectivity index (χ2v) is 4.65. The Labute approximate surface area is 90.3 Å². The third kappa shape index (κ3) is 2.11. The van der Waals surface area contributed by atoms with E-state index >= 15 is 0 Å². The van der Waals surface area contributed by atoms with E-state index < -0.39 is 0 Å². The summed E-state index contributed by atoms with van der Waals surface area (Å²) in [4.78, 5) is 9.12. The molecule has 3 nitrogen and oxygen atoms in total. The summed E-state index contributed by atoms with van der Waals surface area (Å²) in [6.45, 7) is 2.15. The number of aryl methyl sites for hydroxylation is 1. The quantitative estimate of drug-likeness (QED) is 0.817. The Morgan fingerprint density at radius 2 is 2.07 bits per heavy atom. The van der Waals surface area contributed by atoms with Crippen molar-refractivity contribution in [3.05, 3.63) is 17.5 Å². The van der Waals surface area contributed by atoms with Crippen LogP contribution in [0, 0.1) is 0 Å². The van der Waals surface area contributed by atoms with Crippen molar-refractivity contribution in [2.24, 2.45) is 0 Å². The SMILES string of the molecule is CCc1cc(C2CC2)nc(NC2CC2)n1. The zero-order valence-corrected chi connectivity index (χ0v) is 9.16. The lowest BCUT2D eigenvalue weighted by Crippen LogP contribution is -2.08. The number of nitrogens with one attached hydrogen (secondary N) is 1.